The van der Waals surface area contributed by atoms with E-state index in [1.165, 1.54) is 0 Å². The SMILES string of the molecule is O=C(NC1(CCO)CCC2(CC1)OCCO2)OCc1ccccc1. The Morgan fingerprint density at radius 3 is 2.42 bits per heavy atom. The summed E-state index contributed by atoms with van der Waals surface area (Å²) in [6.07, 6.45) is 2.89. The van der Waals surface area contributed by atoms with E-state index < -0.39 is 17.4 Å². The first-order chi connectivity index (χ1) is 11.7. The van der Waals surface area contributed by atoms with Gasteiger partial charge in [0.15, 0.2) is 5.79 Å². The zero-order valence-corrected chi connectivity index (χ0v) is 13.8. The zero-order chi connectivity index (χ0) is 16.9. The molecule has 2 aliphatic rings. The van der Waals surface area contributed by atoms with Gasteiger partial charge in [-0.2, -0.15) is 0 Å². The van der Waals surface area contributed by atoms with Crippen LogP contribution < -0.4 is 5.32 Å². The highest BCUT2D eigenvalue weighted by molar-refractivity contribution is 5.68. The lowest BCUT2D eigenvalue weighted by Crippen LogP contribution is -2.54. The molecule has 1 amide bonds. The van der Waals surface area contributed by atoms with Gasteiger partial charge in [0.2, 0.25) is 0 Å². The first-order valence-electron chi connectivity index (χ1n) is 8.53. The molecule has 2 fully saturated rings. The molecule has 0 atom stereocenters. The van der Waals surface area contributed by atoms with Gasteiger partial charge >= 0.3 is 6.09 Å². The predicted octanol–water partition coefficient (Wildman–Crippen LogP) is 2.35. The minimum atomic E-state index is -0.491. The molecule has 6 heteroatoms. The topological polar surface area (TPSA) is 77.0 Å². The third-order valence-electron chi connectivity index (χ3n) is 4.95. The number of aliphatic hydroxyl groups excluding tert-OH is 1. The van der Waals surface area contributed by atoms with Crippen molar-refractivity contribution >= 4 is 6.09 Å². The molecule has 0 unspecified atom stereocenters. The molecule has 1 heterocycles. The van der Waals surface area contributed by atoms with Gasteiger partial charge in [0.05, 0.1) is 13.2 Å². The molecule has 1 spiro atoms. The van der Waals surface area contributed by atoms with Crippen molar-refractivity contribution in [2.24, 2.45) is 0 Å². The normalized spacial score (nSPS) is 21.5. The van der Waals surface area contributed by atoms with Gasteiger partial charge in [0, 0.05) is 25.0 Å². The van der Waals surface area contributed by atoms with Gasteiger partial charge in [0.1, 0.15) is 6.61 Å². The molecular formula is C18H25NO5. The number of hydrogen-bond donors (Lipinski definition) is 2. The second-order valence-electron chi connectivity index (χ2n) is 6.55. The maximum atomic E-state index is 12.2. The molecule has 3 rings (SSSR count). The van der Waals surface area contributed by atoms with Crippen LogP contribution in [0.25, 0.3) is 0 Å². The van der Waals surface area contributed by atoms with Crippen LogP contribution in [0.3, 0.4) is 0 Å². The predicted molar refractivity (Wildman–Crippen MR) is 87.3 cm³/mol. The van der Waals surface area contributed by atoms with Crippen LogP contribution in [0.5, 0.6) is 0 Å². The lowest BCUT2D eigenvalue weighted by Gasteiger charge is -2.43. The van der Waals surface area contributed by atoms with Crippen LogP contribution in [0.1, 0.15) is 37.7 Å². The summed E-state index contributed by atoms with van der Waals surface area (Å²) in [6.45, 7) is 1.50. The number of rotatable bonds is 5. The van der Waals surface area contributed by atoms with Gasteiger partial charge < -0.3 is 24.6 Å². The Kier molecular flexibility index (Phi) is 5.38. The van der Waals surface area contributed by atoms with E-state index in [0.717, 1.165) is 5.56 Å². The van der Waals surface area contributed by atoms with E-state index in [1.807, 2.05) is 30.3 Å². The van der Waals surface area contributed by atoms with Crippen LogP contribution in [0.2, 0.25) is 0 Å². The summed E-state index contributed by atoms with van der Waals surface area (Å²) in [7, 11) is 0. The maximum Gasteiger partial charge on any atom is 0.407 e. The average molecular weight is 335 g/mol. The summed E-state index contributed by atoms with van der Waals surface area (Å²) in [4.78, 5) is 12.2. The van der Waals surface area contributed by atoms with Crippen molar-refractivity contribution in [3.63, 3.8) is 0 Å². The van der Waals surface area contributed by atoms with Crippen LogP contribution in [0.15, 0.2) is 30.3 Å². The van der Waals surface area contributed by atoms with Crippen molar-refractivity contribution in [3.05, 3.63) is 35.9 Å². The fraction of sp³-hybridized carbons (Fsp3) is 0.611. The van der Waals surface area contributed by atoms with Crippen molar-refractivity contribution in [2.75, 3.05) is 19.8 Å². The van der Waals surface area contributed by atoms with Gasteiger partial charge in [0.25, 0.3) is 0 Å². The second kappa shape index (κ2) is 7.51. The number of benzene rings is 1. The highest BCUT2D eigenvalue weighted by Gasteiger charge is 2.46. The standard InChI is InChI=1S/C18H25NO5/c20-11-10-17(6-8-18(9-7-17)23-12-13-24-18)19-16(21)22-14-15-4-2-1-3-5-15/h1-5,20H,6-14H2,(H,19,21). The zero-order valence-electron chi connectivity index (χ0n) is 13.8. The Morgan fingerprint density at radius 1 is 1.12 bits per heavy atom. The van der Waals surface area contributed by atoms with Crippen LogP contribution in [0.4, 0.5) is 4.79 Å². The lowest BCUT2D eigenvalue weighted by molar-refractivity contribution is -0.186. The fourth-order valence-electron chi connectivity index (χ4n) is 3.52. The van der Waals surface area contributed by atoms with Crippen molar-refractivity contribution in [3.8, 4) is 0 Å². The molecule has 132 valence electrons. The average Bonchev–Trinajstić information content (AvgIpc) is 3.06. The third-order valence-corrected chi connectivity index (χ3v) is 4.95. The summed E-state index contributed by atoms with van der Waals surface area (Å²) in [6, 6.07) is 9.56. The quantitative estimate of drug-likeness (QED) is 0.864. The first kappa shape index (κ1) is 17.2. The first-order valence-corrected chi connectivity index (χ1v) is 8.53. The minimum absolute atomic E-state index is 0.0215. The molecule has 24 heavy (non-hydrogen) atoms. The van der Waals surface area contributed by atoms with Crippen LogP contribution in [-0.2, 0) is 20.8 Å². The van der Waals surface area contributed by atoms with Gasteiger partial charge in [-0.3, -0.25) is 0 Å². The summed E-state index contributed by atoms with van der Waals surface area (Å²) < 4.78 is 16.8. The van der Waals surface area contributed by atoms with Crippen LogP contribution in [-0.4, -0.2) is 42.3 Å². The number of hydrogen-bond acceptors (Lipinski definition) is 5. The highest BCUT2D eigenvalue weighted by atomic mass is 16.7. The van der Waals surface area contributed by atoms with Gasteiger partial charge in [-0.05, 0) is 24.8 Å². The molecule has 0 bridgehead atoms. The number of ether oxygens (including phenoxy) is 3. The van der Waals surface area contributed by atoms with E-state index in [-0.39, 0.29) is 13.2 Å². The Balaban J connectivity index is 1.54. The Morgan fingerprint density at radius 2 is 1.79 bits per heavy atom. The molecule has 6 nitrogen and oxygen atoms in total. The molecule has 0 radical (unpaired) electrons. The molecule has 1 aromatic rings. The minimum Gasteiger partial charge on any atom is -0.445 e. The molecule has 0 aromatic heterocycles. The van der Waals surface area contributed by atoms with Gasteiger partial charge in [-0.25, -0.2) is 4.79 Å². The number of amides is 1. The van der Waals surface area contributed by atoms with Crippen LogP contribution >= 0.6 is 0 Å². The Labute approximate surface area is 142 Å². The number of nitrogens with one attached hydrogen (secondary N) is 1. The van der Waals surface area contributed by atoms with Gasteiger partial charge in [-0.15, -0.1) is 0 Å². The summed E-state index contributed by atoms with van der Waals surface area (Å²) in [5.74, 6) is -0.491. The van der Waals surface area contributed by atoms with E-state index in [9.17, 15) is 9.90 Å². The van der Waals surface area contributed by atoms with Crippen molar-refractivity contribution < 1.29 is 24.1 Å². The fourth-order valence-corrected chi connectivity index (χ4v) is 3.52. The molecule has 1 aromatic carbocycles. The third kappa shape index (κ3) is 4.06. The number of carbonyl (C=O) groups is 1. The number of carbonyl (C=O) groups excluding carboxylic acids is 1. The molecular weight excluding hydrogens is 310 g/mol. The second-order valence-corrected chi connectivity index (χ2v) is 6.55. The van der Waals surface area contributed by atoms with Crippen molar-refractivity contribution in [1.82, 2.24) is 5.32 Å². The lowest BCUT2D eigenvalue weighted by atomic mass is 9.77. The largest absolute Gasteiger partial charge is 0.445 e. The van der Waals surface area contributed by atoms with E-state index in [4.69, 9.17) is 14.2 Å². The Hall–Kier alpha value is -1.63. The van der Waals surface area contributed by atoms with E-state index in [2.05, 4.69) is 5.32 Å². The Bertz CT molecular complexity index is 532. The summed E-state index contributed by atoms with van der Waals surface area (Å²) in [5.41, 5.74) is 0.488. The van der Waals surface area contributed by atoms with Crippen molar-refractivity contribution in [2.45, 2.75) is 50.0 Å². The molecule has 2 N–H and O–H groups in total. The van der Waals surface area contributed by atoms with Crippen LogP contribution in [0, 0.1) is 0 Å². The monoisotopic (exact) mass is 335 g/mol. The summed E-state index contributed by atoms with van der Waals surface area (Å²) >= 11 is 0. The molecule has 1 saturated carbocycles. The smallest absolute Gasteiger partial charge is 0.407 e. The highest BCUT2D eigenvalue weighted by Crippen LogP contribution is 2.41. The maximum absolute atomic E-state index is 12.2. The van der Waals surface area contributed by atoms with E-state index in [1.54, 1.807) is 0 Å². The number of aliphatic hydroxyl groups is 1. The number of alkyl carbamates (subject to hydrolysis) is 1. The van der Waals surface area contributed by atoms with E-state index in [0.29, 0.717) is 45.3 Å². The van der Waals surface area contributed by atoms with Gasteiger partial charge in [-0.1, -0.05) is 30.3 Å². The van der Waals surface area contributed by atoms with E-state index >= 15 is 0 Å². The molecule has 1 aliphatic carbocycles. The van der Waals surface area contributed by atoms with Crippen molar-refractivity contribution in [1.29, 1.82) is 0 Å². The molecule has 1 saturated heterocycles. The summed E-state index contributed by atoms with van der Waals surface area (Å²) in [5, 5.41) is 12.4. The molecule has 1 aliphatic heterocycles.